The van der Waals surface area contributed by atoms with Crippen molar-refractivity contribution in [2.45, 2.75) is 76.7 Å². The van der Waals surface area contributed by atoms with Gasteiger partial charge in [0.15, 0.2) is 0 Å². The van der Waals surface area contributed by atoms with Gasteiger partial charge in [0.05, 0.1) is 5.92 Å². The Morgan fingerprint density at radius 1 is 1.13 bits per heavy atom. The molecule has 0 aromatic carbocycles. The summed E-state index contributed by atoms with van der Waals surface area (Å²) in [6.07, 6.45) is -1.94. The summed E-state index contributed by atoms with van der Waals surface area (Å²) >= 11 is 0. The molecule has 1 heterocycles. The highest BCUT2D eigenvalue weighted by molar-refractivity contribution is 5.68. The van der Waals surface area contributed by atoms with E-state index in [4.69, 9.17) is 4.74 Å². The van der Waals surface area contributed by atoms with E-state index >= 15 is 0 Å². The van der Waals surface area contributed by atoms with Gasteiger partial charge >= 0.3 is 12.3 Å². The molecule has 2 rings (SSSR count). The Morgan fingerprint density at radius 3 is 2.43 bits per heavy atom. The van der Waals surface area contributed by atoms with Gasteiger partial charge in [0.25, 0.3) is 0 Å². The average Bonchev–Trinajstić information content (AvgIpc) is 2.85. The second-order valence-electron chi connectivity index (χ2n) is 7.68. The number of ether oxygens (including phenoxy) is 1. The summed E-state index contributed by atoms with van der Waals surface area (Å²) in [7, 11) is 0. The van der Waals surface area contributed by atoms with E-state index in [2.05, 4.69) is 5.32 Å². The minimum atomic E-state index is -4.10. The highest BCUT2D eigenvalue weighted by Crippen LogP contribution is 2.37. The third-order valence-electron chi connectivity index (χ3n) is 4.45. The fourth-order valence-electron chi connectivity index (χ4n) is 3.36. The van der Waals surface area contributed by atoms with E-state index < -0.39 is 17.7 Å². The van der Waals surface area contributed by atoms with E-state index in [1.54, 1.807) is 4.90 Å². The Bertz CT molecular complexity index is 421. The first-order chi connectivity index (χ1) is 10.5. The van der Waals surface area contributed by atoms with E-state index in [9.17, 15) is 18.0 Å². The maximum absolute atomic E-state index is 12.9. The van der Waals surface area contributed by atoms with E-state index in [0.717, 1.165) is 12.8 Å². The smallest absolute Gasteiger partial charge is 0.410 e. The molecular weight excluding hydrogens is 309 g/mol. The van der Waals surface area contributed by atoms with Crippen molar-refractivity contribution >= 4 is 6.09 Å². The van der Waals surface area contributed by atoms with Crippen molar-refractivity contribution in [1.29, 1.82) is 0 Å². The van der Waals surface area contributed by atoms with Gasteiger partial charge in [-0.05, 0) is 46.5 Å². The SMILES string of the molecule is CC(C)(C)OC(=O)N1CCC(NC2CCCC(C(F)(F)F)C2)C1. The molecule has 0 bridgehead atoms. The molecule has 1 saturated heterocycles. The number of alkyl halides is 3. The zero-order valence-electron chi connectivity index (χ0n) is 14.1. The number of amides is 1. The number of hydrogen-bond acceptors (Lipinski definition) is 3. The molecule has 7 heteroatoms. The Labute approximate surface area is 135 Å². The lowest BCUT2D eigenvalue weighted by atomic mass is 9.85. The Balaban J connectivity index is 1.80. The van der Waals surface area contributed by atoms with Crippen molar-refractivity contribution in [3.05, 3.63) is 0 Å². The van der Waals surface area contributed by atoms with Crippen molar-refractivity contribution in [2.75, 3.05) is 13.1 Å². The van der Waals surface area contributed by atoms with Crippen LogP contribution >= 0.6 is 0 Å². The second-order valence-corrected chi connectivity index (χ2v) is 7.68. The molecule has 2 aliphatic rings. The van der Waals surface area contributed by atoms with Crippen LogP contribution in [0.15, 0.2) is 0 Å². The molecule has 0 aromatic heterocycles. The lowest BCUT2D eigenvalue weighted by Gasteiger charge is -2.33. The minimum Gasteiger partial charge on any atom is -0.444 e. The third kappa shape index (κ3) is 5.55. The first-order valence-corrected chi connectivity index (χ1v) is 8.35. The molecule has 3 unspecified atom stereocenters. The summed E-state index contributed by atoms with van der Waals surface area (Å²) < 4.78 is 43.9. The average molecular weight is 336 g/mol. The number of rotatable bonds is 2. The molecule has 0 radical (unpaired) electrons. The third-order valence-corrected chi connectivity index (χ3v) is 4.45. The Hall–Kier alpha value is -0.980. The van der Waals surface area contributed by atoms with Crippen LogP contribution in [0.4, 0.5) is 18.0 Å². The van der Waals surface area contributed by atoms with Gasteiger partial charge in [0.2, 0.25) is 0 Å². The quantitative estimate of drug-likeness (QED) is 0.836. The van der Waals surface area contributed by atoms with Gasteiger partial charge in [-0.3, -0.25) is 0 Å². The molecule has 0 aromatic rings. The van der Waals surface area contributed by atoms with Crippen LogP contribution in [0, 0.1) is 5.92 Å². The van der Waals surface area contributed by atoms with Crippen LogP contribution in [-0.2, 0) is 4.74 Å². The van der Waals surface area contributed by atoms with Gasteiger partial charge in [-0.15, -0.1) is 0 Å². The predicted molar refractivity (Wildman–Crippen MR) is 81.1 cm³/mol. The van der Waals surface area contributed by atoms with E-state index in [0.29, 0.717) is 19.5 Å². The van der Waals surface area contributed by atoms with Gasteiger partial charge in [0, 0.05) is 25.2 Å². The van der Waals surface area contributed by atoms with Crippen LogP contribution in [0.3, 0.4) is 0 Å². The number of likely N-dealkylation sites (tertiary alicyclic amines) is 1. The lowest BCUT2D eigenvalue weighted by Crippen LogP contribution is -2.45. The molecule has 0 spiro atoms. The number of nitrogens with zero attached hydrogens (tertiary/aromatic N) is 1. The Morgan fingerprint density at radius 2 is 1.83 bits per heavy atom. The van der Waals surface area contributed by atoms with Crippen LogP contribution in [0.1, 0.15) is 52.9 Å². The van der Waals surface area contributed by atoms with E-state index in [1.807, 2.05) is 20.8 Å². The number of halogens is 3. The Kier molecular flexibility index (Phi) is 5.48. The minimum absolute atomic E-state index is 0.0551. The van der Waals surface area contributed by atoms with Crippen molar-refractivity contribution in [3.63, 3.8) is 0 Å². The number of hydrogen-bond donors (Lipinski definition) is 1. The zero-order valence-corrected chi connectivity index (χ0v) is 14.1. The van der Waals surface area contributed by atoms with Crippen LogP contribution < -0.4 is 5.32 Å². The largest absolute Gasteiger partial charge is 0.444 e. The van der Waals surface area contributed by atoms with Crippen LogP contribution in [-0.4, -0.2) is 47.9 Å². The maximum Gasteiger partial charge on any atom is 0.410 e. The van der Waals surface area contributed by atoms with E-state index in [1.165, 1.54) is 0 Å². The summed E-state index contributed by atoms with van der Waals surface area (Å²) in [6, 6.07) is -0.0570. The maximum atomic E-state index is 12.9. The van der Waals surface area contributed by atoms with Crippen molar-refractivity contribution < 1.29 is 22.7 Å². The van der Waals surface area contributed by atoms with Gasteiger partial charge < -0.3 is 15.0 Å². The fourth-order valence-corrected chi connectivity index (χ4v) is 3.36. The zero-order chi connectivity index (χ0) is 17.3. The summed E-state index contributed by atoms with van der Waals surface area (Å²) in [5.41, 5.74) is -0.536. The summed E-state index contributed by atoms with van der Waals surface area (Å²) in [5, 5.41) is 3.32. The molecule has 2 fully saturated rings. The highest BCUT2D eigenvalue weighted by Gasteiger charge is 2.42. The van der Waals surface area contributed by atoms with Crippen molar-refractivity contribution in [2.24, 2.45) is 5.92 Å². The summed E-state index contributed by atoms with van der Waals surface area (Å²) in [4.78, 5) is 13.6. The van der Waals surface area contributed by atoms with Gasteiger partial charge in [-0.1, -0.05) is 6.42 Å². The van der Waals surface area contributed by atoms with Gasteiger partial charge in [-0.2, -0.15) is 13.2 Å². The lowest BCUT2D eigenvalue weighted by molar-refractivity contribution is -0.183. The van der Waals surface area contributed by atoms with Gasteiger partial charge in [0.1, 0.15) is 5.60 Å². The van der Waals surface area contributed by atoms with Crippen LogP contribution in [0.2, 0.25) is 0 Å². The molecule has 4 nitrogen and oxygen atoms in total. The first-order valence-electron chi connectivity index (χ1n) is 8.35. The fraction of sp³-hybridized carbons (Fsp3) is 0.938. The topological polar surface area (TPSA) is 41.6 Å². The van der Waals surface area contributed by atoms with Crippen molar-refractivity contribution in [1.82, 2.24) is 10.2 Å². The van der Waals surface area contributed by atoms with Gasteiger partial charge in [-0.25, -0.2) is 4.79 Å². The molecule has 1 amide bonds. The molecule has 1 aliphatic heterocycles. The number of carbonyl (C=O) groups is 1. The molecule has 3 atom stereocenters. The van der Waals surface area contributed by atoms with Crippen molar-refractivity contribution in [3.8, 4) is 0 Å². The van der Waals surface area contributed by atoms with E-state index in [-0.39, 0.29) is 31.0 Å². The molecule has 1 saturated carbocycles. The number of carbonyl (C=O) groups excluding carboxylic acids is 1. The monoisotopic (exact) mass is 336 g/mol. The highest BCUT2D eigenvalue weighted by atomic mass is 19.4. The summed E-state index contributed by atoms with van der Waals surface area (Å²) in [5.74, 6) is -1.20. The summed E-state index contributed by atoms with van der Waals surface area (Å²) in [6.45, 7) is 6.53. The van der Waals surface area contributed by atoms with Crippen LogP contribution in [0.5, 0.6) is 0 Å². The molecule has 23 heavy (non-hydrogen) atoms. The number of nitrogens with one attached hydrogen (secondary N) is 1. The molecule has 1 N–H and O–H groups in total. The first kappa shape index (κ1) is 18.4. The molecule has 1 aliphatic carbocycles. The molecule has 134 valence electrons. The standard InChI is InChI=1S/C16H27F3N2O2/c1-15(2,3)23-14(22)21-8-7-13(10-21)20-12-6-4-5-11(9-12)16(17,18)19/h11-13,20H,4-10H2,1-3H3. The molecular formula is C16H27F3N2O2. The second kappa shape index (κ2) is 6.87. The predicted octanol–water partition coefficient (Wildman–Crippen LogP) is 3.71. The van der Waals surface area contributed by atoms with Crippen LogP contribution in [0.25, 0.3) is 0 Å². The normalized spacial score (nSPS) is 29.7.